The third kappa shape index (κ3) is 1.98. The fourth-order valence-corrected chi connectivity index (χ4v) is 2.60. The second kappa shape index (κ2) is 4.72. The lowest BCUT2D eigenvalue weighted by atomic mass is 10.3. The number of rotatable bonds is 2. The molecule has 0 atom stereocenters. The molecular formula is C14H15N5O. The van der Waals surface area contributed by atoms with Crippen molar-refractivity contribution in [2.24, 2.45) is 0 Å². The zero-order chi connectivity index (χ0) is 13.4. The van der Waals surface area contributed by atoms with Crippen LogP contribution in [0, 0.1) is 0 Å². The fraction of sp³-hybridized carbons (Fsp3) is 0.357. The van der Waals surface area contributed by atoms with Gasteiger partial charge in [0.2, 0.25) is 0 Å². The predicted molar refractivity (Wildman–Crippen MR) is 72.5 cm³/mol. The summed E-state index contributed by atoms with van der Waals surface area (Å²) in [6.45, 7) is 2.28. The first kappa shape index (κ1) is 11.6. The van der Waals surface area contributed by atoms with Crippen LogP contribution in [0.4, 0.5) is 0 Å². The van der Waals surface area contributed by atoms with Crippen molar-refractivity contribution in [3.05, 3.63) is 47.9 Å². The highest BCUT2D eigenvalue weighted by Gasteiger charge is 2.16. The van der Waals surface area contributed by atoms with E-state index in [9.17, 15) is 0 Å². The summed E-state index contributed by atoms with van der Waals surface area (Å²) in [5, 5.41) is 8.58. The molecule has 3 aromatic rings. The number of nitrogens with zero attached hydrogens (tertiary/aromatic N) is 5. The van der Waals surface area contributed by atoms with Crippen molar-refractivity contribution in [1.82, 2.24) is 24.1 Å². The Morgan fingerprint density at radius 1 is 1.20 bits per heavy atom. The highest BCUT2D eigenvalue weighted by atomic mass is 16.5. The van der Waals surface area contributed by atoms with E-state index in [0.29, 0.717) is 6.42 Å². The SMILES string of the molecule is c1ccn2cc(Cc3nnc4n3CCOCC4)nc2c1. The molecule has 4 rings (SSSR count). The third-order valence-corrected chi connectivity index (χ3v) is 3.59. The molecule has 0 fully saturated rings. The summed E-state index contributed by atoms with van der Waals surface area (Å²) in [6.07, 6.45) is 5.58. The van der Waals surface area contributed by atoms with Gasteiger partial charge >= 0.3 is 0 Å². The minimum absolute atomic E-state index is 0.703. The molecule has 1 aliphatic heterocycles. The Bertz CT molecular complexity index is 712. The van der Waals surface area contributed by atoms with Crippen LogP contribution in [0.5, 0.6) is 0 Å². The number of fused-ring (bicyclic) bond motifs is 2. The summed E-state index contributed by atoms with van der Waals surface area (Å²) in [4.78, 5) is 4.61. The van der Waals surface area contributed by atoms with Crippen LogP contribution in [-0.4, -0.2) is 37.4 Å². The summed E-state index contributed by atoms with van der Waals surface area (Å²) in [6, 6.07) is 5.99. The van der Waals surface area contributed by atoms with Crippen molar-refractivity contribution in [1.29, 1.82) is 0 Å². The lowest BCUT2D eigenvalue weighted by molar-refractivity contribution is 0.139. The van der Waals surface area contributed by atoms with Crippen molar-refractivity contribution in [2.45, 2.75) is 19.4 Å². The van der Waals surface area contributed by atoms with Crippen LogP contribution in [-0.2, 0) is 24.1 Å². The van der Waals surface area contributed by atoms with Crippen LogP contribution < -0.4 is 0 Å². The Morgan fingerprint density at radius 2 is 2.20 bits per heavy atom. The van der Waals surface area contributed by atoms with Gasteiger partial charge in [-0.3, -0.25) is 0 Å². The molecule has 6 nitrogen and oxygen atoms in total. The number of pyridine rings is 1. The number of hydrogen-bond donors (Lipinski definition) is 0. The zero-order valence-corrected chi connectivity index (χ0v) is 11.1. The first-order valence-electron chi connectivity index (χ1n) is 6.81. The molecule has 20 heavy (non-hydrogen) atoms. The molecule has 0 unspecified atom stereocenters. The van der Waals surface area contributed by atoms with Gasteiger partial charge in [0, 0.05) is 25.4 Å². The fourth-order valence-electron chi connectivity index (χ4n) is 2.60. The number of hydrogen-bond acceptors (Lipinski definition) is 4. The Labute approximate surface area is 116 Å². The summed E-state index contributed by atoms with van der Waals surface area (Å²) >= 11 is 0. The lowest BCUT2D eigenvalue weighted by Crippen LogP contribution is -2.09. The van der Waals surface area contributed by atoms with Crippen LogP contribution in [0.15, 0.2) is 30.6 Å². The molecule has 0 amide bonds. The quantitative estimate of drug-likeness (QED) is 0.699. The average Bonchev–Trinajstić information content (AvgIpc) is 2.95. The Kier molecular flexibility index (Phi) is 2.74. The topological polar surface area (TPSA) is 57.2 Å². The Morgan fingerprint density at radius 3 is 3.15 bits per heavy atom. The number of ether oxygens (including phenoxy) is 1. The van der Waals surface area contributed by atoms with Gasteiger partial charge < -0.3 is 13.7 Å². The zero-order valence-electron chi connectivity index (χ0n) is 11.1. The van der Waals surface area contributed by atoms with Crippen LogP contribution in [0.1, 0.15) is 17.3 Å². The van der Waals surface area contributed by atoms with Crippen LogP contribution in [0.25, 0.3) is 5.65 Å². The lowest BCUT2D eigenvalue weighted by Gasteiger charge is -2.04. The van der Waals surface area contributed by atoms with Crippen molar-refractivity contribution < 1.29 is 4.74 Å². The summed E-state index contributed by atoms with van der Waals surface area (Å²) in [5.74, 6) is 1.98. The summed E-state index contributed by atoms with van der Waals surface area (Å²) in [5.41, 5.74) is 1.97. The smallest absolute Gasteiger partial charge is 0.139 e. The van der Waals surface area contributed by atoms with Gasteiger partial charge in [0.25, 0.3) is 0 Å². The number of aromatic nitrogens is 5. The molecule has 6 heteroatoms. The summed E-state index contributed by atoms with van der Waals surface area (Å²) < 4.78 is 9.67. The minimum Gasteiger partial charge on any atom is -0.379 e. The van der Waals surface area contributed by atoms with E-state index in [1.165, 1.54) is 0 Å². The molecule has 0 saturated heterocycles. The van der Waals surface area contributed by atoms with E-state index in [0.717, 1.165) is 49.2 Å². The molecule has 1 aliphatic rings. The molecule has 0 spiro atoms. The third-order valence-electron chi connectivity index (χ3n) is 3.59. The van der Waals surface area contributed by atoms with E-state index >= 15 is 0 Å². The van der Waals surface area contributed by atoms with Gasteiger partial charge in [0.1, 0.15) is 17.3 Å². The molecule has 102 valence electrons. The van der Waals surface area contributed by atoms with Gasteiger partial charge in [-0.2, -0.15) is 0 Å². The molecule has 0 bridgehead atoms. The number of imidazole rings is 1. The first-order chi connectivity index (χ1) is 9.90. The molecule has 0 N–H and O–H groups in total. The molecule has 0 aromatic carbocycles. The molecule has 0 aliphatic carbocycles. The van der Waals surface area contributed by atoms with E-state index in [2.05, 4.69) is 19.7 Å². The van der Waals surface area contributed by atoms with Gasteiger partial charge in [0.05, 0.1) is 25.3 Å². The molecule has 0 saturated carbocycles. The molecule has 4 heterocycles. The average molecular weight is 269 g/mol. The Hall–Kier alpha value is -2.21. The maximum atomic E-state index is 5.48. The monoisotopic (exact) mass is 269 g/mol. The van der Waals surface area contributed by atoms with E-state index in [1.54, 1.807) is 0 Å². The molecular weight excluding hydrogens is 254 g/mol. The van der Waals surface area contributed by atoms with Crippen molar-refractivity contribution in [2.75, 3.05) is 13.2 Å². The highest BCUT2D eigenvalue weighted by molar-refractivity contribution is 5.39. The second-order valence-electron chi connectivity index (χ2n) is 4.92. The predicted octanol–water partition coefficient (Wildman–Crippen LogP) is 1.09. The van der Waals surface area contributed by atoms with Crippen LogP contribution in [0.2, 0.25) is 0 Å². The maximum Gasteiger partial charge on any atom is 0.139 e. The Balaban J connectivity index is 1.67. The van der Waals surface area contributed by atoms with E-state index in [4.69, 9.17) is 4.74 Å². The van der Waals surface area contributed by atoms with Gasteiger partial charge in [-0.25, -0.2) is 4.98 Å². The van der Waals surface area contributed by atoms with Gasteiger partial charge in [0.15, 0.2) is 0 Å². The van der Waals surface area contributed by atoms with Crippen LogP contribution >= 0.6 is 0 Å². The minimum atomic E-state index is 0.703. The van der Waals surface area contributed by atoms with Crippen molar-refractivity contribution in [3.63, 3.8) is 0 Å². The van der Waals surface area contributed by atoms with E-state index < -0.39 is 0 Å². The van der Waals surface area contributed by atoms with E-state index in [1.807, 2.05) is 35.0 Å². The van der Waals surface area contributed by atoms with E-state index in [-0.39, 0.29) is 0 Å². The standard InChI is InChI=1S/C14H15N5O/c1-2-5-18-10-11(15-12(18)3-1)9-14-17-16-13-4-7-20-8-6-19(13)14/h1-3,5,10H,4,6-9H2. The van der Waals surface area contributed by atoms with Crippen molar-refractivity contribution >= 4 is 5.65 Å². The molecule has 0 radical (unpaired) electrons. The first-order valence-corrected chi connectivity index (χ1v) is 6.81. The largest absolute Gasteiger partial charge is 0.379 e. The normalized spacial score (nSPS) is 15.2. The molecule has 3 aromatic heterocycles. The van der Waals surface area contributed by atoms with Crippen molar-refractivity contribution in [3.8, 4) is 0 Å². The van der Waals surface area contributed by atoms with Gasteiger partial charge in [-0.1, -0.05) is 6.07 Å². The summed E-state index contributed by atoms with van der Waals surface area (Å²) in [7, 11) is 0. The maximum absolute atomic E-state index is 5.48. The highest BCUT2D eigenvalue weighted by Crippen LogP contribution is 2.12. The van der Waals surface area contributed by atoms with Gasteiger partial charge in [-0.05, 0) is 12.1 Å². The second-order valence-corrected chi connectivity index (χ2v) is 4.92. The van der Waals surface area contributed by atoms with Gasteiger partial charge in [-0.15, -0.1) is 10.2 Å². The van der Waals surface area contributed by atoms with Crippen LogP contribution in [0.3, 0.4) is 0 Å².